The summed E-state index contributed by atoms with van der Waals surface area (Å²) in [5.41, 5.74) is 5.48. The minimum absolute atomic E-state index is 0. The molecule has 2 aromatic rings. The predicted molar refractivity (Wildman–Crippen MR) is 190 cm³/mol. The first-order chi connectivity index (χ1) is 20.5. The topological polar surface area (TPSA) is 98.7 Å². The van der Waals surface area contributed by atoms with Gasteiger partial charge in [0.15, 0.2) is 0 Å². The first-order valence-corrected chi connectivity index (χ1v) is 16.9. The molecule has 0 heterocycles. The van der Waals surface area contributed by atoms with Crippen LogP contribution in [0.1, 0.15) is 144 Å². The second-order valence-corrected chi connectivity index (χ2v) is 17.6. The van der Waals surface area contributed by atoms with Crippen molar-refractivity contribution in [2.24, 2.45) is 0 Å². The Hall–Kier alpha value is -1.41. The van der Waals surface area contributed by atoms with E-state index in [9.17, 15) is 20.4 Å². The van der Waals surface area contributed by atoms with E-state index in [1.807, 2.05) is 0 Å². The second kappa shape index (κ2) is 19.1. The summed E-state index contributed by atoms with van der Waals surface area (Å²) in [5.74, 6) is 0.325. The van der Waals surface area contributed by atoms with E-state index in [1.54, 1.807) is 27.7 Å². The summed E-state index contributed by atoms with van der Waals surface area (Å²) in [6.07, 6.45) is -0.833. The molecule has 2 rings (SSSR count). The van der Waals surface area contributed by atoms with Crippen molar-refractivity contribution < 1.29 is 42.1 Å². The number of hydrogen-bond acceptors (Lipinski definition) is 6. The number of likely N-dealkylation sites (N-methyl/N-ethyl adjacent to an activating group) is 2. The van der Waals surface area contributed by atoms with Crippen LogP contribution in [-0.4, -0.2) is 49.2 Å². The molecule has 0 saturated carbocycles. The van der Waals surface area contributed by atoms with Gasteiger partial charge in [-0.2, -0.15) is 0 Å². The molecule has 2 aromatic carbocycles. The molecule has 0 saturated heterocycles. The van der Waals surface area contributed by atoms with Gasteiger partial charge >= 0.3 is 21.7 Å². The minimum Gasteiger partial charge on any atom is -0.872 e. The van der Waals surface area contributed by atoms with Gasteiger partial charge in [0.2, 0.25) is 0 Å². The van der Waals surface area contributed by atoms with Crippen molar-refractivity contribution >= 4 is 0 Å². The van der Waals surface area contributed by atoms with E-state index < -0.39 is 12.2 Å². The zero-order chi connectivity index (χ0) is 36.6. The molecule has 7 heteroatoms. The van der Waals surface area contributed by atoms with Crippen molar-refractivity contribution in [3.63, 3.8) is 0 Å². The Morgan fingerprint density at radius 3 is 0.936 bits per heavy atom. The van der Waals surface area contributed by atoms with Gasteiger partial charge in [-0.05, 0) is 69.1 Å². The fourth-order valence-corrected chi connectivity index (χ4v) is 4.67. The van der Waals surface area contributed by atoms with Crippen LogP contribution < -0.4 is 20.4 Å². The van der Waals surface area contributed by atoms with Gasteiger partial charge in [-0.3, -0.25) is 0 Å². The van der Waals surface area contributed by atoms with Crippen molar-refractivity contribution in [1.82, 2.24) is 9.80 Å². The number of nitrogens with zero attached hydrogens (tertiary/aromatic N) is 2. The van der Waals surface area contributed by atoms with Crippen LogP contribution in [0.4, 0.5) is 0 Å². The monoisotopic (exact) mass is 688 g/mol. The van der Waals surface area contributed by atoms with Crippen LogP contribution in [-0.2, 0) is 56.5 Å². The Bertz CT molecular complexity index is 1110. The molecule has 0 fully saturated rings. The van der Waals surface area contributed by atoms with Gasteiger partial charge < -0.3 is 30.2 Å². The van der Waals surface area contributed by atoms with Gasteiger partial charge in [-0.15, -0.1) is 23.7 Å². The third-order valence-corrected chi connectivity index (χ3v) is 7.42. The molecule has 47 heavy (non-hydrogen) atoms. The average molecular weight is 689 g/mol. The van der Waals surface area contributed by atoms with Crippen LogP contribution in [0.3, 0.4) is 0 Å². The molecule has 0 aromatic heterocycles. The smallest absolute Gasteiger partial charge is 0.872 e. The molecule has 0 aliphatic rings. The van der Waals surface area contributed by atoms with Crippen molar-refractivity contribution in [3.8, 4) is 11.5 Å². The van der Waals surface area contributed by atoms with Crippen LogP contribution in [0.2, 0.25) is 0 Å². The minimum atomic E-state index is -0.417. The molecule has 0 N–H and O–H groups in total. The van der Waals surface area contributed by atoms with Gasteiger partial charge in [0.25, 0.3) is 0 Å². The quantitative estimate of drug-likeness (QED) is 0.327. The maximum absolute atomic E-state index is 13.4. The summed E-state index contributed by atoms with van der Waals surface area (Å²) in [7, 11) is 4.15. The van der Waals surface area contributed by atoms with Crippen LogP contribution in [0.25, 0.3) is 0 Å². The van der Waals surface area contributed by atoms with Crippen molar-refractivity contribution in [2.75, 3.05) is 27.2 Å². The molecule has 0 aliphatic heterocycles. The fourth-order valence-electron chi connectivity index (χ4n) is 4.67. The predicted octanol–water partition coefficient (Wildman–Crippen LogP) is 6.10. The van der Waals surface area contributed by atoms with E-state index in [4.69, 9.17) is 0 Å². The van der Waals surface area contributed by atoms with E-state index in [2.05, 4.69) is 131 Å². The Morgan fingerprint density at radius 2 is 0.745 bits per heavy atom. The Kier molecular flexibility index (Phi) is 19.4. The van der Waals surface area contributed by atoms with Gasteiger partial charge in [0.1, 0.15) is 0 Å². The maximum Gasteiger partial charge on any atom is 4.00 e. The number of hydrogen-bond donors (Lipinski definition) is 0. The maximum atomic E-state index is 13.4. The fraction of sp³-hybridized carbons (Fsp3) is 0.700. The summed E-state index contributed by atoms with van der Waals surface area (Å²) >= 11 is 0. The summed E-state index contributed by atoms with van der Waals surface area (Å²) in [6.45, 7) is 35.2. The molecule has 0 radical (unpaired) electrons. The average Bonchev–Trinajstić information content (AvgIpc) is 2.81. The van der Waals surface area contributed by atoms with E-state index in [0.717, 1.165) is 35.3 Å². The van der Waals surface area contributed by atoms with Crippen LogP contribution in [0.15, 0.2) is 24.3 Å². The standard InChI is InChI=1S/C34H56N2O2.2C3H7O.Ti/c1-31(2,3)25-17-23(29(37)27(19-25)33(7,8)9)21-35(13)15-16-36(14)22-24-18-26(32(4,5)6)20-28(30(24)38)34(10,11)12;2*1-3(2)4;/h17-20,37-38H,15-16,21-22H2,1-14H3;2*3H,1-2H3;/q;2*-1;+4/p-2. The first kappa shape index (κ1) is 47.7. The summed E-state index contributed by atoms with van der Waals surface area (Å²) < 4.78 is 0. The molecule has 0 atom stereocenters. The van der Waals surface area contributed by atoms with Gasteiger partial charge in [-0.25, -0.2) is 0 Å². The Balaban J connectivity index is 0. The third-order valence-electron chi connectivity index (χ3n) is 7.42. The van der Waals surface area contributed by atoms with Gasteiger partial charge in [-0.1, -0.05) is 135 Å². The third kappa shape index (κ3) is 17.7. The van der Waals surface area contributed by atoms with Gasteiger partial charge in [0.05, 0.1) is 0 Å². The molecule has 266 valence electrons. The number of benzene rings is 2. The van der Waals surface area contributed by atoms with E-state index in [1.165, 1.54) is 11.1 Å². The van der Waals surface area contributed by atoms with Crippen LogP contribution >= 0.6 is 0 Å². The summed E-state index contributed by atoms with van der Waals surface area (Å²) in [5, 5.41) is 45.9. The Morgan fingerprint density at radius 1 is 0.511 bits per heavy atom. The molecular weight excluding hydrogens is 620 g/mol. The molecule has 0 amide bonds. The molecular formula is C40H68N2O4Ti. The molecule has 6 nitrogen and oxygen atoms in total. The van der Waals surface area contributed by atoms with Crippen molar-refractivity contribution in [3.05, 3.63) is 57.6 Å². The van der Waals surface area contributed by atoms with Crippen molar-refractivity contribution in [2.45, 2.75) is 158 Å². The molecule has 0 spiro atoms. The molecule has 0 aliphatic carbocycles. The SMILES string of the molecule is CC(C)[O-].CC(C)[O-].CN(CCN(C)Cc1cc(C(C)(C)C)cc(C(C)(C)C)c1[O-])Cc1cc(C(C)(C)C)cc(C(C)(C)C)c1[O-].[Ti+4]. The molecule has 0 unspecified atom stereocenters. The van der Waals surface area contributed by atoms with Gasteiger partial charge in [0, 0.05) is 26.2 Å². The Labute approximate surface area is 304 Å². The van der Waals surface area contributed by atoms with E-state index >= 15 is 0 Å². The zero-order valence-corrected chi connectivity index (χ0v) is 34.9. The van der Waals surface area contributed by atoms with E-state index in [0.29, 0.717) is 13.1 Å². The van der Waals surface area contributed by atoms with E-state index in [-0.39, 0.29) is 54.9 Å². The number of rotatable bonds is 7. The largest absolute Gasteiger partial charge is 4.00 e. The second-order valence-electron chi connectivity index (χ2n) is 17.6. The zero-order valence-electron chi connectivity index (χ0n) is 33.3. The van der Waals surface area contributed by atoms with Crippen LogP contribution in [0.5, 0.6) is 11.5 Å². The molecule has 0 bridgehead atoms. The van der Waals surface area contributed by atoms with Crippen molar-refractivity contribution in [1.29, 1.82) is 0 Å². The normalized spacial score (nSPS) is 12.5. The summed E-state index contributed by atoms with van der Waals surface area (Å²) in [4.78, 5) is 4.44. The summed E-state index contributed by atoms with van der Waals surface area (Å²) in [6, 6.07) is 8.43. The first-order valence-electron chi connectivity index (χ1n) is 16.9. The van der Waals surface area contributed by atoms with Crippen LogP contribution in [0, 0.1) is 0 Å².